The fraction of sp³-hybridized carbons (Fsp3) is 0.633. The molecule has 14 nitrogen and oxygen atoms in total. The maximum absolute atomic E-state index is 13.5. The maximum Gasteiger partial charge on any atom is 0.416 e. The zero-order valence-electron chi connectivity index (χ0n) is 27.6. The van der Waals surface area contributed by atoms with E-state index in [9.17, 15) is 18.1 Å². The molecular weight excluding hydrogens is 729 g/mol. The molecule has 2 aromatic heterocycles. The zero-order valence-corrected chi connectivity index (χ0v) is 30.1. The zero-order chi connectivity index (χ0) is 35.9. The van der Waals surface area contributed by atoms with Crippen molar-refractivity contribution in [3.63, 3.8) is 0 Å². The fourth-order valence-corrected chi connectivity index (χ4v) is 6.74. The Labute approximate surface area is 295 Å². The first-order valence-corrected chi connectivity index (χ1v) is 19.3. The molecule has 1 saturated heterocycles. The molecule has 1 aromatic carbocycles. The van der Waals surface area contributed by atoms with Crippen LogP contribution in [-0.4, -0.2) is 112 Å². The van der Waals surface area contributed by atoms with Crippen molar-refractivity contribution >= 4 is 45.2 Å². The highest BCUT2D eigenvalue weighted by atomic mass is 35.5. The standard InChI is InChI=1S/C30H43ClF3N5O9P2/c1-2-9-43-11-13-45-15-16-46-14-12-44-10-8-38(19-22-4-3-5-23(17-22)30(32,33)34)27-25-18-35-39(28(25)37-29(31)36-27)26-7-6-24(48-26)20-47-50(42)21-49(40)41/h3-5,17-18,24,26,40-42H,2,6-16,19-21H2,1H3. The summed E-state index contributed by atoms with van der Waals surface area (Å²) in [6.07, 6.45) is -1.80. The monoisotopic (exact) mass is 771 g/mol. The Morgan fingerprint density at radius 3 is 2.32 bits per heavy atom. The Kier molecular flexibility index (Phi) is 17.2. The molecule has 0 aliphatic carbocycles. The van der Waals surface area contributed by atoms with Crippen molar-refractivity contribution in [3.8, 4) is 0 Å². The molecule has 20 heteroatoms. The normalized spacial score (nSPS) is 17.3. The molecule has 0 bridgehead atoms. The molecular formula is C30H43ClF3N5O9P2. The number of ether oxygens (including phenoxy) is 5. The third kappa shape index (κ3) is 13.3. The van der Waals surface area contributed by atoms with Gasteiger partial charge in [0, 0.05) is 19.7 Å². The van der Waals surface area contributed by atoms with E-state index >= 15 is 0 Å². The first kappa shape index (κ1) is 40.9. The summed E-state index contributed by atoms with van der Waals surface area (Å²) in [6, 6.07) is 5.08. The van der Waals surface area contributed by atoms with Crippen LogP contribution in [0.5, 0.6) is 0 Å². The Balaban J connectivity index is 1.41. The highest BCUT2D eigenvalue weighted by molar-refractivity contribution is 7.63. The second kappa shape index (κ2) is 21.0. The van der Waals surface area contributed by atoms with Crippen LogP contribution in [0.25, 0.3) is 11.0 Å². The summed E-state index contributed by atoms with van der Waals surface area (Å²) < 4.78 is 75.8. The van der Waals surface area contributed by atoms with Crippen molar-refractivity contribution in [3.05, 3.63) is 46.9 Å². The molecule has 0 saturated carbocycles. The number of fused-ring (bicyclic) bond motifs is 1. The molecule has 0 amide bonds. The Bertz CT molecular complexity index is 1450. The number of hydrogen-bond donors (Lipinski definition) is 3. The lowest BCUT2D eigenvalue weighted by atomic mass is 10.1. The number of halogens is 4. The molecule has 0 radical (unpaired) electrons. The lowest BCUT2D eigenvalue weighted by Gasteiger charge is -2.25. The number of anilines is 1. The van der Waals surface area contributed by atoms with Crippen LogP contribution in [0.4, 0.5) is 19.0 Å². The molecule has 3 N–H and O–H groups in total. The van der Waals surface area contributed by atoms with Gasteiger partial charge in [0.2, 0.25) is 5.28 Å². The lowest BCUT2D eigenvalue weighted by Crippen LogP contribution is -2.29. The van der Waals surface area contributed by atoms with Gasteiger partial charge in [-0.05, 0) is 48.6 Å². The van der Waals surface area contributed by atoms with E-state index in [-0.39, 0.29) is 43.6 Å². The summed E-state index contributed by atoms with van der Waals surface area (Å²) in [4.78, 5) is 38.7. The molecule has 1 aliphatic heterocycles. The van der Waals surface area contributed by atoms with E-state index in [4.69, 9.17) is 49.6 Å². The molecule has 3 atom stereocenters. The number of hydrogen-bond acceptors (Lipinski definition) is 13. The van der Waals surface area contributed by atoms with Crippen LogP contribution in [0.3, 0.4) is 0 Å². The first-order chi connectivity index (χ1) is 24.0. The van der Waals surface area contributed by atoms with Crippen LogP contribution in [0.15, 0.2) is 30.5 Å². The van der Waals surface area contributed by atoms with Crippen molar-refractivity contribution in [2.24, 2.45) is 0 Å². The molecule has 1 fully saturated rings. The van der Waals surface area contributed by atoms with E-state index in [1.165, 1.54) is 6.07 Å². The van der Waals surface area contributed by atoms with Crippen molar-refractivity contribution in [1.29, 1.82) is 0 Å². The van der Waals surface area contributed by atoms with Gasteiger partial charge in [-0.3, -0.25) is 0 Å². The predicted octanol–water partition coefficient (Wildman–Crippen LogP) is 5.23. The SMILES string of the molecule is CCCOCCOCCOCCOCCN(Cc1cccc(C(F)(F)F)c1)c1nc(Cl)nc2c1cnn2C1CCC(COP(O)CP(O)O)O1. The van der Waals surface area contributed by atoms with Crippen LogP contribution in [0.1, 0.15) is 43.5 Å². The second-order valence-electron chi connectivity index (χ2n) is 11.2. The maximum atomic E-state index is 13.5. The molecule has 3 unspecified atom stereocenters. The van der Waals surface area contributed by atoms with Gasteiger partial charge in [0.15, 0.2) is 28.6 Å². The summed E-state index contributed by atoms with van der Waals surface area (Å²) in [6.45, 7) is 5.80. The molecule has 3 heterocycles. The molecule has 280 valence electrons. The number of rotatable bonds is 23. The van der Waals surface area contributed by atoms with Gasteiger partial charge in [0.05, 0.1) is 82.0 Å². The van der Waals surface area contributed by atoms with E-state index in [1.54, 1.807) is 21.8 Å². The van der Waals surface area contributed by atoms with Gasteiger partial charge in [-0.2, -0.15) is 28.2 Å². The van der Waals surface area contributed by atoms with E-state index in [2.05, 4.69) is 15.1 Å². The van der Waals surface area contributed by atoms with Gasteiger partial charge in [-0.15, -0.1) is 0 Å². The van der Waals surface area contributed by atoms with Gasteiger partial charge in [0.25, 0.3) is 0 Å². The quantitative estimate of drug-likeness (QED) is 0.0653. The van der Waals surface area contributed by atoms with Crippen LogP contribution < -0.4 is 4.90 Å². The van der Waals surface area contributed by atoms with Crippen LogP contribution >= 0.6 is 28.4 Å². The molecule has 50 heavy (non-hydrogen) atoms. The van der Waals surface area contributed by atoms with Gasteiger partial charge < -0.3 is 47.8 Å². The van der Waals surface area contributed by atoms with Gasteiger partial charge >= 0.3 is 6.18 Å². The Morgan fingerprint density at radius 2 is 1.66 bits per heavy atom. The first-order valence-electron chi connectivity index (χ1n) is 16.1. The Morgan fingerprint density at radius 1 is 0.980 bits per heavy atom. The summed E-state index contributed by atoms with van der Waals surface area (Å²) in [5.74, 6) is 0.126. The van der Waals surface area contributed by atoms with Crippen LogP contribution in [0.2, 0.25) is 5.28 Å². The average molecular weight is 772 g/mol. The predicted molar refractivity (Wildman–Crippen MR) is 181 cm³/mol. The van der Waals surface area contributed by atoms with Crippen molar-refractivity contribution in [2.45, 2.75) is 51.2 Å². The van der Waals surface area contributed by atoms with Crippen molar-refractivity contribution < 1.29 is 56.1 Å². The van der Waals surface area contributed by atoms with Gasteiger partial charge in [-0.1, -0.05) is 19.1 Å². The summed E-state index contributed by atoms with van der Waals surface area (Å²) in [5, 5.41) is 4.91. The van der Waals surface area contributed by atoms with E-state index in [0.717, 1.165) is 18.6 Å². The molecule has 4 rings (SSSR count). The summed E-state index contributed by atoms with van der Waals surface area (Å²) in [7, 11) is -4.26. The second-order valence-corrected chi connectivity index (χ2v) is 14.3. The van der Waals surface area contributed by atoms with Gasteiger partial charge in [0.1, 0.15) is 5.82 Å². The van der Waals surface area contributed by atoms with E-state index in [0.29, 0.717) is 81.5 Å². The number of benzene rings is 1. The smallest absolute Gasteiger partial charge is 0.379 e. The minimum absolute atomic E-state index is 0.0558. The highest BCUT2D eigenvalue weighted by Crippen LogP contribution is 2.44. The Hall–Kier alpha value is -1.85. The molecule has 3 aromatic rings. The number of alkyl halides is 3. The average Bonchev–Trinajstić information content (AvgIpc) is 3.71. The summed E-state index contributed by atoms with van der Waals surface area (Å²) >= 11 is 6.40. The highest BCUT2D eigenvalue weighted by Gasteiger charge is 2.32. The number of aromatic nitrogens is 4. The van der Waals surface area contributed by atoms with E-state index < -0.39 is 34.7 Å². The largest absolute Gasteiger partial charge is 0.416 e. The van der Waals surface area contributed by atoms with Crippen LogP contribution in [-0.2, 0) is 40.9 Å². The topological polar surface area (TPSA) is 163 Å². The fourth-order valence-electron chi connectivity index (χ4n) is 5.05. The van der Waals surface area contributed by atoms with E-state index in [1.807, 2.05) is 6.92 Å². The molecule has 1 aliphatic rings. The van der Waals surface area contributed by atoms with Crippen LogP contribution in [0, 0.1) is 0 Å². The van der Waals surface area contributed by atoms with Crippen molar-refractivity contribution in [2.75, 3.05) is 76.8 Å². The third-order valence-electron chi connectivity index (χ3n) is 7.32. The molecule has 0 spiro atoms. The third-order valence-corrected chi connectivity index (χ3v) is 9.91. The minimum Gasteiger partial charge on any atom is -0.379 e. The lowest BCUT2D eigenvalue weighted by molar-refractivity contribution is -0.137. The van der Waals surface area contributed by atoms with Crippen molar-refractivity contribution in [1.82, 2.24) is 19.7 Å². The van der Waals surface area contributed by atoms with Gasteiger partial charge in [-0.25, -0.2) is 4.68 Å². The summed E-state index contributed by atoms with van der Waals surface area (Å²) in [5.41, 5.74) is 0.00248. The minimum atomic E-state index is -4.51. The number of nitrogens with zero attached hydrogens (tertiary/aromatic N) is 5.